The van der Waals surface area contributed by atoms with Gasteiger partial charge in [0.15, 0.2) is 0 Å². The summed E-state index contributed by atoms with van der Waals surface area (Å²) in [6, 6.07) is 7.81. The molecule has 0 aromatic heterocycles. The van der Waals surface area contributed by atoms with Gasteiger partial charge in [0.1, 0.15) is 5.75 Å². The second-order valence-electron chi connectivity index (χ2n) is 7.19. The molecular weight excluding hydrogens is 302 g/mol. The van der Waals surface area contributed by atoms with Gasteiger partial charge in [0, 0.05) is 32.2 Å². The molecule has 3 rings (SSSR count). The Morgan fingerprint density at radius 3 is 2.58 bits per heavy atom. The first kappa shape index (κ1) is 17.1. The standard InChI is InChI=1S/C19H29N3O2/c1-15-6-2-3-7-16(15)20-19(24)14-21-10-12-22(13-11-21)17-8-4-5-9-18(17)23/h4-5,8-9,15-16,23H,2-3,6-7,10-14H2,1H3,(H,20,24)/t15-,16+/m1/s1. The summed E-state index contributed by atoms with van der Waals surface area (Å²) in [6.07, 6.45) is 4.87. The van der Waals surface area contributed by atoms with Crippen LogP contribution < -0.4 is 10.2 Å². The van der Waals surface area contributed by atoms with Crippen molar-refractivity contribution >= 4 is 11.6 Å². The van der Waals surface area contributed by atoms with E-state index in [1.807, 2.05) is 18.2 Å². The first-order chi connectivity index (χ1) is 11.6. The molecule has 1 amide bonds. The Kier molecular flexibility index (Phi) is 5.61. The van der Waals surface area contributed by atoms with Gasteiger partial charge in [-0.25, -0.2) is 0 Å². The Labute approximate surface area is 144 Å². The molecule has 0 radical (unpaired) electrons. The lowest BCUT2D eigenvalue weighted by atomic mass is 9.86. The number of hydrogen-bond acceptors (Lipinski definition) is 4. The molecule has 1 aliphatic carbocycles. The van der Waals surface area contributed by atoms with Gasteiger partial charge in [0.25, 0.3) is 0 Å². The minimum absolute atomic E-state index is 0.157. The largest absolute Gasteiger partial charge is 0.506 e. The van der Waals surface area contributed by atoms with E-state index in [-0.39, 0.29) is 5.91 Å². The summed E-state index contributed by atoms with van der Waals surface area (Å²) in [7, 11) is 0. The lowest BCUT2D eigenvalue weighted by Crippen LogP contribution is -2.51. The zero-order valence-corrected chi connectivity index (χ0v) is 14.6. The molecule has 24 heavy (non-hydrogen) atoms. The van der Waals surface area contributed by atoms with Gasteiger partial charge in [0.2, 0.25) is 5.91 Å². The summed E-state index contributed by atoms with van der Waals surface area (Å²) < 4.78 is 0. The molecule has 1 aliphatic heterocycles. The molecule has 5 nitrogen and oxygen atoms in total. The Morgan fingerprint density at radius 1 is 1.17 bits per heavy atom. The first-order valence-electron chi connectivity index (χ1n) is 9.18. The molecule has 0 spiro atoms. The second-order valence-corrected chi connectivity index (χ2v) is 7.19. The van der Waals surface area contributed by atoms with Crippen LogP contribution >= 0.6 is 0 Å². The minimum Gasteiger partial charge on any atom is -0.506 e. The van der Waals surface area contributed by atoms with Crippen molar-refractivity contribution in [2.75, 3.05) is 37.6 Å². The average Bonchev–Trinajstić information content (AvgIpc) is 2.58. The van der Waals surface area contributed by atoms with Crippen LogP contribution in [0, 0.1) is 5.92 Å². The molecule has 1 heterocycles. The molecule has 1 aromatic rings. The van der Waals surface area contributed by atoms with Crippen molar-refractivity contribution in [2.24, 2.45) is 5.92 Å². The Balaban J connectivity index is 1.45. The first-order valence-corrected chi connectivity index (χ1v) is 9.18. The zero-order chi connectivity index (χ0) is 16.9. The van der Waals surface area contributed by atoms with Crippen LogP contribution in [0.2, 0.25) is 0 Å². The van der Waals surface area contributed by atoms with Gasteiger partial charge >= 0.3 is 0 Å². The summed E-state index contributed by atoms with van der Waals surface area (Å²) in [5, 5.41) is 13.2. The van der Waals surface area contributed by atoms with Crippen LogP contribution in [0.1, 0.15) is 32.6 Å². The predicted octanol–water partition coefficient (Wildman–Crippen LogP) is 2.21. The van der Waals surface area contributed by atoms with E-state index in [1.54, 1.807) is 6.07 Å². The highest BCUT2D eigenvalue weighted by molar-refractivity contribution is 5.78. The fourth-order valence-corrected chi connectivity index (χ4v) is 3.86. The van der Waals surface area contributed by atoms with Gasteiger partial charge in [-0.2, -0.15) is 0 Å². The summed E-state index contributed by atoms with van der Waals surface area (Å²) in [5.74, 6) is 1.08. The van der Waals surface area contributed by atoms with Gasteiger partial charge < -0.3 is 15.3 Å². The van der Waals surface area contributed by atoms with Crippen molar-refractivity contribution in [1.29, 1.82) is 0 Å². The lowest BCUT2D eigenvalue weighted by molar-refractivity contribution is -0.123. The number of hydrogen-bond donors (Lipinski definition) is 2. The smallest absolute Gasteiger partial charge is 0.234 e. The summed E-state index contributed by atoms with van der Waals surface area (Å²) in [4.78, 5) is 16.7. The SMILES string of the molecule is C[C@@H]1CCCC[C@@H]1NC(=O)CN1CCN(c2ccccc2O)CC1. The Bertz CT molecular complexity index is 555. The number of aromatic hydroxyl groups is 1. The second kappa shape index (κ2) is 7.88. The third kappa shape index (κ3) is 4.20. The van der Waals surface area contributed by atoms with Crippen molar-refractivity contribution in [3.63, 3.8) is 0 Å². The highest BCUT2D eigenvalue weighted by Crippen LogP contribution is 2.27. The van der Waals surface area contributed by atoms with Crippen molar-refractivity contribution in [1.82, 2.24) is 10.2 Å². The van der Waals surface area contributed by atoms with Crippen LogP contribution in [0.3, 0.4) is 0 Å². The monoisotopic (exact) mass is 331 g/mol. The number of anilines is 1. The third-order valence-electron chi connectivity index (χ3n) is 5.42. The van der Waals surface area contributed by atoms with E-state index in [0.29, 0.717) is 24.3 Å². The molecule has 2 aliphatic rings. The van der Waals surface area contributed by atoms with Crippen LogP contribution in [0.5, 0.6) is 5.75 Å². The van der Waals surface area contributed by atoms with Crippen molar-refractivity contribution in [2.45, 2.75) is 38.6 Å². The Hall–Kier alpha value is -1.75. The van der Waals surface area contributed by atoms with Crippen LogP contribution in [0.15, 0.2) is 24.3 Å². The summed E-state index contributed by atoms with van der Waals surface area (Å²) in [5.41, 5.74) is 0.887. The molecule has 132 valence electrons. The number of nitrogens with zero attached hydrogens (tertiary/aromatic N) is 2. The van der Waals surface area contributed by atoms with Gasteiger partial charge in [0.05, 0.1) is 12.2 Å². The van der Waals surface area contributed by atoms with E-state index in [4.69, 9.17) is 0 Å². The van der Waals surface area contributed by atoms with E-state index in [9.17, 15) is 9.90 Å². The van der Waals surface area contributed by atoms with Crippen molar-refractivity contribution in [3.8, 4) is 5.75 Å². The molecule has 0 bridgehead atoms. The number of carbonyl (C=O) groups excluding carboxylic acids is 1. The number of carbonyl (C=O) groups is 1. The normalized spacial score (nSPS) is 25.5. The maximum atomic E-state index is 12.3. The highest BCUT2D eigenvalue weighted by Gasteiger charge is 2.25. The van der Waals surface area contributed by atoms with Gasteiger partial charge in [-0.15, -0.1) is 0 Å². The molecule has 2 N–H and O–H groups in total. The Morgan fingerprint density at radius 2 is 1.88 bits per heavy atom. The van der Waals surface area contributed by atoms with Crippen molar-refractivity contribution < 1.29 is 9.90 Å². The van der Waals surface area contributed by atoms with E-state index in [2.05, 4.69) is 22.0 Å². The van der Waals surface area contributed by atoms with E-state index in [1.165, 1.54) is 19.3 Å². The maximum Gasteiger partial charge on any atom is 0.234 e. The average molecular weight is 331 g/mol. The number of phenolic OH excluding ortho intramolecular Hbond substituents is 1. The molecule has 1 saturated carbocycles. The third-order valence-corrected chi connectivity index (χ3v) is 5.42. The van der Waals surface area contributed by atoms with Gasteiger partial charge in [-0.3, -0.25) is 9.69 Å². The molecule has 1 saturated heterocycles. The molecular formula is C19H29N3O2. The number of nitrogens with one attached hydrogen (secondary N) is 1. The molecule has 2 atom stereocenters. The highest BCUT2D eigenvalue weighted by atomic mass is 16.3. The number of rotatable bonds is 4. The van der Waals surface area contributed by atoms with Crippen molar-refractivity contribution in [3.05, 3.63) is 24.3 Å². The van der Waals surface area contributed by atoms with Crippen LogP contribution in [-0.2, 0) is 4.79 Å². The molecule has 0 unspecified atom stereocenters. The van der Waals surface area contributed by atoms with E-state index in [0.717, 1.165) is 38.3 Å². The summed E-state index contributed by atoms with van der Waals surface area (Å²) in [6.45, 7) is 6.10. The van der Waals surface area contributed by atoms with Crippen LogP contribution in [-0.4, -0.2) is 54.7 Å². The number of amides is 1. The number of para-hydroxylation sites is 2. The fraction of sp³-hybridized carbons (Fsp3) is 0.632. The number of phenols is 1. The van der Waals surface area contributed by atoms with Crippen LogP contribution in [0.4, 0.5) is 5.69 Å². The van der Waals surface area contributed by atoms with E-state index >= 15 is 0 Å². The quantitative estimate of drug-likeness (QED) is 0.888. The topological polar surface area (TPSA) is 55.8 Å². The molecule has 5 heteroatoms. The number of piperazine rings is 1. The zero-order valence-electron chi connectivity index (χ0n) is 14.6. The summed E-state index contributed by atoms with van der Waals surface area (Å²) >= 11 is 0. The fourth-order valence-electron chi connectivity index (χ4n) is 3.86. The van der Waals surface area contributed by atoms with Gasteiger partial charge in [-0.1, -0.05) is 31.9 Å². The molecule has 1 aromatic carbocycles. The van der Waals surface area contributed by atoms with E-state index < -0.39 is 0 Å². The van der Waals surface area contributed by atoms with Gasteiger partial charge in [-0.05, 0) is 30.9 Å². The minimum atomic E-state index is 0.157. The molecule has 2 fully saturated rings. The van der Waals surface area contributed by atoms with Crippen LogP contribution in [0.25, 0.3) is 0 Å². The lowest BCUT2D eigenvalue weighted by Gasteiger charge is -2.36. The maximum absolute atomic E-state index is 12.3. The number of benzene rings is 1. The predicted molar refractivity (Wildman–Crippen MR) is 96.3 cm³/mol.